The molecule has 1 saturated heterocycles. The second kappa shape index (κ2) is 7.82. The molecule has 0 radical (unpaired) electrons. The molecule has 1 aromatic carbocycles. The van der Waals surface area contributed by atoms with E-state index in [0.29, 0.717) is 18.9 Å². The summed E-state index contributed by atoms with van der Waals surface area (Å²) in [6.45, 7) is 1.12. The zero-order valence-electron chi connectivity index (χ0n) is 11.6. The highest BCUT2D eigenvalue weighted by Crippen LogP contribution is 2.21. The number of hydrogen-bond acceptors (Lipinski definition) is 5. The Balaban J connectivity index is 1.85. The van der Waals surface area contributed by atoms with Gasteiger partial charge in [0.15, 0.2) is 6.10 Å². The van der Waals surface area contributed by atoms with Gasteiger partial charge >= 0.3 is 5.97 Å². The van der Waals surface area contributed by atoms with Crippen LogP contribution in [0.2, 0.25) is 0 Å². The first kappa shape index (κ1) is 16.3. The quantitative estimate of drug-likeness (QED) is 0.596. The molecule has 2 rings (SSSR count). The van der Waals surface area contributed by atoms with Crippen molar-refractivity contribution in [3.8, 4) is 0 Å². The summed E-state index contributed by atoms with van der Waals surface area (Å²) in [5.41, 5.74) is 0. The molecule has 1 amide bonds. The molecule has 0 spiro atoms. The first-order valence-electron chi connectivity index (χ1n) is 6.45. The Labute approximate surface area is 136 Å². The van der Waals surface area contributed by atoms with E-state index in [2.05, 4.69) is 20.7 Å². The number of methoxy groups -OCH3 is 1. The summed E-state index contributed by atoms with van der Waals surface area (Å²) < 4.78 is 11.0. The highest BCUT2D eigenvalue weighted by molar-refractivity contribution is 9.10. The Morgan fingerprint density at radius 3 is 2.81 bits per heavy atom. The first-order chi connectivity index (χ1) is 10.1. The lowest BCUT2D eigenvalue weighted by molar-refractivity contribution is -0.161. The van der Waals surface area contributed by atoms with Crippen LogP contribution >= 0.6 is 27.7 Å². The predicted molar refractivity (Wildman–Crippen MR) is 83.2 cm³/mol. The van der Waals surface area contributed by atoms with Gasteiger partial charge in [0.05, 0.1) is 26.0 Å². The summed E-state index contributed by atoms with van der Waals surface area (Å²) >= 11 is 4.85. The Morgan fingerprint density at radius 2 is 2.14 bits per heavy atom. The molecule has 0 aromatic heterocycles. The van der Waals surface area contributed by atoms with Crippen molar-refractivity contribution in [2.45, 2.75) is 11.0 Å². The van der Waals surface area contributed by atoms with Gasteiger partial charge in [-0.1, -0.05) is 15.9 Å². The van der Waals surface area contributed by atoms with Gasteiger partial charge in [-0.05, 0) is 24.3 Å². The van der Waals surface area contributed by atoms with E-state index in [1.807, 2.05) is 24.3 Å². The molecule has 114 valence electrons. The summed E-state index contributed by atoms with van der Waals surface area (Å²) in [5.74, 6) is -0.0941. The van der Waals surface area contributed by atoms with Crippen LogP contribution in [0.5, 0.6) is 0 Å². The number of hydrogen-bond donors (Lipinski definition) is 0. The van der Waals surface area contributed by atoms with Crippen LogP contribution in [-0.2, 0) is 19.1 Å². The maximum atomic E-state index is 12.2. The van der Waals surface area contributed by atoms with Crippen molar-refractivity contribution in [2.75, 3.05) is 32.6 Å². The van der Waals surface area contributed by atoms with Crippen molar-refractivity contribution >= 4 is 39.6 Å². The molecule has 0 N–H and O–H groups in total. The second-order valence-electron chi connectivity index (χ2n) is 4.46. The minimum atomic E-state index is -0.676. The van der Waals surface area contributed by atoms with Crippen LogP contribution in [0.3, 0.4) is 0 Å². The third-order valence-electron chi connectivity index (χ3n) is 3.06. The largest absolute Gasteiger partial charge is 0.467 e. The van der Waals surface area contributed by atoms with Gasteiger partial charge < -0.3 is 14.4 Å². The monoisotopic (exact) mass is 373 g/mol. The van der Waals surface area contributed by atoms with E-state index in [-0.39, 0.29) is 12.5 Å². The molecule has 21 heavy (non-hydrogen) atoms. The number of thioether (sulfide) groups is 1. The number of carbonyl (C=O) groups is 2. The van der Waals surface area contributed by atoms with E-state index in [9.17, 15) is 9.59 Å². The molecular formula is C14H16BrNO4S. The summed E-state index contributed by atoms with van der Waals surface area (Å²) in [4.78, 5) is 26.3. The minimum Gasteiger partial charge on any atom is -0.467 e. The normalized spacial score (nSPS) is 18.4. The molecule has 5 nitrogen and oxygen atoms in total. The van der Waals surface area contributed by atoms with Crippen LogP contribution in [0.25, 0.3) is 0 Å². The third-order valence-corrected chi connectivity index (χ3v) is 4.58. The molecule has 1 atom stereocenters. The summed E-state index contributed by atoms with van der Waals surface area (Å²) in [6.07, 6.45) is -0.676. The number of benzene rings is 1. The number of halogens is 1. The molecule has 1 aliphatic rings. The fraction of sp³-hybridized carbons (Fsp3) is 0.429. The van der Waals surface area contributed by atoms with Crippen LogP contribution < -0.4 is 0 Å². The molecule has 1 unspecified atom stereocenters. The van der Waals surface area contributed by atoms with Crippen LogP contribution in [0, 0.1) is 0 Å². The van der Waals surface area contributed by atoms with Gasteiger partial charge in [0.25, 0.3) is 0 Å². The molecule has 0 bridgehead atoms. The standard InChI is InChI=1S/C14H16BrNO4S/c1-19-14(18)12-8-16(6-7-20-12)13(17)9-21-11-4-2-10(15)3-5-11/h2-5,12H,6-9H2,1H3. The predicted octanol–water partition coefficient (Wildman–Crippen LogP) is 1.94. The smallest absolute Gasteiger partial charge is 0.336 e. The van der Waals surface area contributed by atoms with Gasteiger partial charge in [-0.25, -0.2) is 4.79 Å². The van der Waals surface area contributed by atoms with Crippen LogP contribution in [-0.4, -0.2) is 55.4 Å². The molecule has 7 heteroatoms. The van der Waals surface area contributed by atoms with Gasteiger partial charge in [-0.3, -0.25) is 4.79 Å². The van der Waals surface area contributed by atoms with Crippen molar-refractivity contribution in [3.05, 3.63) is 28.7 Å². The first-order valence-corrected chi connectivity index (χ1v) is 8.23. The Hall–Kier alpha value is -1.05. The van der Waals surface area contributed by atoms with E-state index >= 15 is 0 Å². The molecule has 0 aliphatic carbocycles. The van der Waals surface area contributed by atoms with Crippen LogP contribution in [0.1, 0.15) is 0 Å². The lowest BCUT2D eigenvalue weighted by Gasteiger charge is -2.31. The average molecular weight is 374 g/mol. The topological polar surface area (TPSA) is 55.8 Å². The molecular weight excluding hydrogens is 358 g/mol. The maximum Gasteiger partial charge on any atom is 0.336 e. The maximum absolute atomic E-state index is 12.2. The fourth-order valence-electron chi connectivity index (χ4n) is 1.92. The number of ether oxygens (including phenoxy) is 2. The Kier molecular flexibility index (Phi) is 6.08. The molecule has 1 aromatic rings. The van der Waals surface area contributed by atoms with Crippen LogP contribution in [0.4, 0.5) is 0 Å². The number of carbonyl (C=O) groups excluding carboxylic acids is 2. The van der Waals surface area contributed by atoms with Gasteiger partial charge in [0.2, 0.25) is 5.91 Å². The van der Waals surface area contributed by atoms with Gasteiger partial charge in [-0.15, -0.1) is 11.8 Å². The number of morpholine rings is 1. The fourth-order valence-corrected chi connectivity index (χ4v) is 2.98. The van der Waals surface area contributed by atoms with Crippen molar-refractivity contribution in [3.63, 3.8) is 0 Å². The molecule has 1 aliphatic heterocycles. The summed E-state index contributed by atoms with van der Waals surface area (Å²) in [5, 5.41) is 0. The lowest BCUT2D eigenvalue weighted by Crippen LogP contribution is -2.49. The highest BCUT2D eigenvalue weighted by atomic mass is 79.9. The zero-order chi connectivity index (χ0) is 15.2. The van der Waals surface area contributed by atoms with E-state index in [0.717, 1.165) is 9.37 Å². The van der Waals surface area contributed by atoms with Crippen LogP contribution in [0.15, 0.2) is 33.6 Å². The Morgan fingerprint density at radius 1 is 1.43 bits per heavy atom. The average Bonchev–Trinajstić information content (AvgIpc) is 2.53. The third kappa shape index (κ3) is 4.72. The van der Waals surface area contributed by atoms with E-state index < -0.39 is 12.1 Å². The van der Waals surface area contributed by atoms with Gasteiger partial charge in [-0.2, -0.15) is 0 Å². The Bertz CT molecular complexity index is 508. The molecule has 0 saturated carbocycles. The summed E-state index contributed by atoms with van der Waals surface area (Å²) in [7, 11) is 1.32. The number of esters is 1. The SMILES string of the molecule is COC(=O)C1CN(C(=O)CSc2ccc(Br)cc2)CCO1. The van der Waals surface area contributed by atoms with Gasteiger partial charge in [0.1, 0.15) is 0 Å². The second-order valence-corrected chi connectivity index (χ2v) is 6.43. The van der Waals surface area contributed by atoms with Crippen molar-refractivity contribution in [2.24, 2.45) is 0 Å². The number of nitrogens with zero attached hydrogens (tertiary/aromatic N) is 1. The zero-order valence-corrected chi connectivity index (χ0v) is 14.0. The van der Waals surface area contributed by atoms with E-state index in [1.165, 1.54) is 18.9 Å². The van der Waals surface area contributed by atoms with Crippen molar-refractivity contribution < 1.29 is 19.1 Å². The number of rotatable bonds is 4. The molecule has 1 heterocycles. The molecule has 1 fully saturated rings. The van der Waals surface area contributed by atoms with Crippen molar-refractivity contribution in [1.82, 2.24) is 4.90 Å². The highest BCUT2D eigenvalue weighted by Gasteiger charge is 2.29. The lowest BCUT2D eigenvalue weighted by atomic mass is 10.2. The van der Waals surface area contributed by atoms with E-state index in [1.54, 1.807) is 4.90 Å². The summed E-state index contributed by atoms with van der Waals surface area (Å²) in [6, 6.07) is 7.79. The van der Waals surface area contributed by atoms with E-state index in [4.69, 9.17) is 4.74 Å². The van der Waals surface area contributed by atoms with Gasteiger partial charge in [0, 0.05) is 15.9 Å². The van der Waals surface area contributed by atoms with Crippen molar-refractivity contribution in [1.29, 1.82) is 0 Å². The minimum absolute atomic E-state index is 0.000113. The number of amides is 1.